The minimum atomic E-state index is -0.409. The van der Waals surface area contributed by atoms with Crippen molar-refractivity contribution >= 4 is 11.6 Å². The molecule has 0 spiro atoms. The monoisotopic (exact) mass is 142 g/mol. The number of hydrogen-bond acceptors (Lipinski definition) is 2. The zero-order chi connectivity index (χ0) is 6.69. The molecule has 0 amide bonds. The highest BCUT2D eigenvalue weighted by molar-refractivity contribution is 6.20. The van der Waals surface area contributed by atoms with Crippen molar-refractivity contribution < 1.29 is 0 Å². The van der Waals surface area contributed by atoms with Gasteiger partial charge < -0.3 is 5.73 Å². The lowest BCUT2D eigenvalue weighted by Crippen LogP contribution is -2.01. The van der Waals surface area contributed by atoms with Crippen LogP contribution >= 0.6 is 11.6 Å². The Morgan fingerprint density at radius 2 is 2.00 bits per heavy atom. The van der Waals surface area contributed by atoms with Gasteiger partial charge in [-0.05, 0) is 17.7 Å². The van der Waals surface area contributed by atoms with E-state index in [0.717, 1.165) is 5.56 Å². The van der Waals surface area contributed by atoms with Crippen LogP contribution in [-0.4, -0.2) is 4.98 Å². The van der Waals surface area contributed by atoms with E-state index in [0.29, 0.717) is 0 Å². The van der Waals surface area contributed by atoms with Crippen LogP contribution in [0, 0.1) is 0 Å². The van der Waals surface area contributed by atoms with Gasteiger partial charge in [0.1, 0.15) is 5.50 Å². The molecule has 0 aliphatic heterocycles. The van der Waals surface area contributed by atoms with Crippen LogP contribution in [0.3, 0.4) is 0 Å². The normalized spacial score (nSPS) is 13.1. The van der Waals surface area contributed by atoms with E-state index in [2.05, 4.69) is 4.98 Å². The Morgan fingerprint density at radius 3 is 2.33 bits per heavy atom. The summed E-state index contributed by atoms with van der Waals surface area (Å²) in [6.45, 7) is 0. The van der Waals surface area contributed by atoms with Crippen LogP contribution in [0.1, 0.15) is 11.1 Å². The largest absolute Gasteiger partial charge is 0.312 e. The number of hydrogen-bond donors (Lipinski definition) is 1. The van der Waals surface area contributed by atoms with Crippen molar-refractivity contribution in [2.45, 2.75) is 5.50 Å². The molecule has 0 aromatic carbocycles. The highest BCUT2D eigenvalue weighted by Crippen LogP contribution is 2.10. The molecule has 1 rings (SSSR count). The molecule has 1 aromatic rings. The molecule has 2 N–H and O–H groups in total. The molecule has 9 heavy (non-hydrogen) atoms. The smallest absolute Gasteiger partial charge is 0.106 e. The molecule has 0 fully saturated rings. The second-order valence-electron chi connectivity index (χ2n) is 1.68. The molecule has 0 saturated heterocycles. The summed E-state index contributed by atoms with van der Waals surface area (Å²) in [5.74, 6) is 0. The summed E-state index contributed by atoms with van der Waals surface area (Å²) in [5, 5.41) is 0. The van der Waals surface area contributed by atoms with E-state index in [9.17, 15) is 0 Å². The molecule has 3 heteroatoms. The zero-order valence-electron chi connectivity index (χ0n) is 4.79. The SMILES string of the molecule is NC(Cl)c1ccncc1. The molecule has 1 aromatic heterocycles. The summed E-state index contributed by atoms with van der Waals surface area (Å²) in [7, 11) is 0. The van der Waals surface area contributed by atoms with Gasteiger partial charge in [0.2, 0.25) is 0 Å². The van der Waals surface area contributed by atoms with E-state index in [1.54, 1.807) is 24.5 Å². The highest BCUT2D eigenvalue weighted by atomic mass is 35.5. The van der Waals surface area contributed by atoms with E-state index in [1.165, 1.54) is 0 Å². The zero-order valence-corrected chi connectivity index (χ0v) is 5.55. The lowest BCUT2D eigenvalue weighted by molar-refractivity contribution is 1.01. The van der Waals surface area contributed by atoms with Crippen LogP contribution in [-0.2, 0) is 0 Å². The molecule has 48 valence electrons. The summed E-state index contributed by atoms with van der Waals surface area (Å²) in [4.78, 5) is 3.81. The van der Waals surface area contributed by atoms with E-state index in [4.69, 9.17) is 17.3 Å². The maximum Gasteiger partial charge on any atom is 0.106 e. The molecule has 0 saturated carbocycles. The minimum absolute atomic E-state index is 0.409. The Kier molecular flexibility index (Phi) is 2.03. The van der Waals surface area contributed by atoms with Gasteiger partial charge >= 0.3 is 0 Å². The van der Waals surface area contributed by atoms with Gasteiger partial charge in [-0.15, -0.1) is 11.6 Å². The van der Waals surface area contributed by atoms with Gasteiger partial charge in [0.15, 0.2) is 0 Å². The summed E-state index contributed by atoms with van der Waals surface area (Å²) < 4.78 is 0. The number of aromatic nitrogens is 1. The lowest BCUT2D eigenvalue weighted by Gasteiger charge is -1.99. The van der Waals surface area contributed by atoms with Gasteiger partial charge in [0.05, 0.1) is 0 Å². The number of halogens is 1. The first-order valence-electron chi connectivity index (χ1n) is 2.60. The topological polar surface area (TPSA) is 38.9 Å². The van der Waals surface area contributed by atoms with Crippen molar-refractivity contribution in [1.29, 1.82) is 0 Å². The number of nitrogens with zero attached hydrogens (tertiary/aromatic N) is 1. The molecule has 1 atom stereocenters. The van der Waals surface area contributed by atoms with Crippen molar-refractivity contribution in [3.05, 3.63) is 30.1 Å². The fourth-order valence-electron chi connectivity index (χ4n) is 0.547. The molecule has 2 nitrogen and oxygen atoms in total. The predicted octanol–water partition coefficient (Wildman–Crippen LogP) is 1.28. The third-order valence-corrected chi connectivity index (χ3v) is 1.28. The third-order valence-electron chi connectivity index (χ3n) is 1.02. The number of pyridine rings is 1. The molecular formula is C6H7ClN2. The van der Waals surface area contributed by atoms with Crippen LogP contribution in [0.4, 0.5) is 0 Å². The van der Waals surface area contributed by atoms with Gasteiger partial charge in [-0.2, -0.15) is 0 Å². The minimum Gasteiger partial charge on any atom is -0.312 e. The average molecular weight is 143 g/mol. The first-order valence-corrected chi connectivity index (χ1v) is 3.04. The van der Waals surface area contributed by atoms with Gasteiger partial charge in [-0.25, -0.2) is 0 Å². The Balaban J connectivity index is 2.85. The Bertz CT molecular complexity index is 174. The van der Waals surface area contributed by atoms with E-state index in [1.807, 2.05) is 0 Å². The first-order chi connectivity index (χ1) is 4.30. The van der Waals surface area contributed by atoms with Crippen molar-refractivity contribution in [2.24, 2.45) is 5.73 Å². The number of rotatable bonds is 1. The standard InChI is InChI=1S/C6H7ClN2/c7-6(8)5-1-3-9-4-2-5/h1-4,6H,8H2. The van der Waals surface area contributed by atoms with E-state index < -0.39 is 5.50 Å². The van der Waals surface area contributed by atoms with Crippen LogP contribution < -0.4 is 5.73 Å². The number of nitrogens with two attached hydrogens (primary N) is 1. The second-order valence-corrected chi connectivity index (χ2v) is 2.15. The van der Waals surface area contributed by atoms with Crippen molar-refractivity contribution in [3.8, 4) is 0 Å². The molecule has 1 heterocycles. The van der Waals surface area contributed by atoms with Crippen molar-refractivity contribution in [1.82, 2.24) is 4.98 Å². The van der Waals surface area contributed by atoms with E-state index in [-0.39, 0.29) is 0 Å². The summed E-state index contributed by atoms with van der Waals surface area (Å²) >= 11 is 5.55. The second kappa shape index (κ2) is 2.80. The molecule has 0 aliphatic carbocycles. The Hall–Kier alpha value is -0.600. The van der Waals surface area contributed by atoms with Gasteiger partial charge in [0, 0.05) is 12.4 Å². The summed E-state index contributed by atoms with van der Waals surface area (Å²) in [6.07, 6.45) is 3.33. The Morgan fingerprint density at radius 1 is 1.44 bits per heavy atom. The van der Waals surface area contributed by atoms with Crippen LogP contribution in [0.2, 0.25) is 0 Å². The first kappa shape index (κ1) is 6.52. The molecule has 0 radical (unpaired) electrons. The van der Waals surface area contributed by atoms with E-state index >= 15 is 0 Å². The van der Waals surface area contributed by atoms with Gasteiger partial charge in [-0.3, -0.25) is 4.98 Å². The summed E-state index contributed by atoms with van der Waals surface area (Å²) in [5.41, 5.74) is 5.84. The highest BCUT2D eigenvalue weighted by Gasteiger charge is 1.96. The van der Waals surface area contributed by atoms with Crippen LogP contribution in [0.25, 0.3) is 0 Å². The third kappa shape index (κ3) is 1.66. The van der Waals surface area contributed by atoms with Gasteiger partial charge in [0.25, 0.3) is 0 Å². The molecule has 0 aliphatic rings. The number of alkyl halides is 1. The van der Waals surface area contributed by atoms with Crippen molar-refractivity contribution in [3.63, 3.8) is 0 Å². The fourth-order valence-corrected chi connectivity index (χ4v) is 0.693. The van der Waals surface area contributed by atoms with Crippen LogP contribution in [0.15, 0.2) is 24.5 Å². The Labute approximate surface area is 58.7 Å². The lowest BCUT2D eigenvalue weighted by atomic mass is 10.3. The molecule has 1 unspecified atom stereocenters. The maximum absolute atomic E-state index is 5.55. The maximum atomic E-state index is 5.55. The van der Waals surface area contributed by atoms with Crippen LogP contribution in [0.5, 0.6) is 0 Å². The average Bonchev–Trinajstić information content (AvgIpc) is 1.90. The van der Waals surface area contributed by atoms with Crippen molar-refractivity contribution in [2.75, 3.05) is 0 Å². The predicted molar refractivity (Wildman–Crippen MR) is 37.0 cm³/mol. The molecular weight excluding hydrogens is 136 g/mol. The molecule has 0 bridgehead atoms. The van der Waals surface area contributed by atoms with Gasteiger partial charge in [-0.1, -0.05) is 0 Å². The quantitative estimate of drug-likeness (QED) is 0.474. The fraction of sp³-hybridized carbons (Fsp3) is 0.167. The summed E-state index contributed by atoms with van der Waals surface area (Å²) in [6, 6.07) is 3.58.